The highest BCUT2D eigenvalue weighted by atomic mass is 16.7. The second kappa shape index (κ2) is 7.67. The van der Waals surface area contributed by atoms with Crippen molar-refractivity contribution in [1.29, 1.82) is 0 Å². The lowest BCUT2D eigenvalue weighted by atomic mass is 10.0. The van der Waals surface area contributed by atoms with Crippen molar-refractivity contribution < 1.29 is 14.3 Å². The normalized spacial score (nSPS) is 20.6. The maximum atomic E-state index is 11.8. The number of amides is 1. The van der Waals surface area contributed by atoms with Gasteiger partial charge >= 0.3 is 0 Å². The number of hydrogen-bond acceptors (Lipinski definition) is 3. The first-order chi connectivity index (χ1) is 8.21. The summed E-state index contributed by atoms with van der Waals surface area (Å²) in [4.78, 5) is 13.7. The molecule has 1 fully saturated rings. The molecule has 0 aromatic carbocycles. The minimum atomic E-state index is -0.269. The first-order valence-corrected chi connectivity index (χ1v) is 6.72. The molecule has 1 amide bonds. The third-order valence-electron chi connectivity index (χ3n) is 3.07. The van der Waals surface area contributed by atoms with E-state index in [1.54, 1.807) is 0 Å². The van der Waals surface area contributed by atoms with Gasteiger partial charge in [-0.1, -0.05) is 13.3 Å². The summed E-state index contributed by atoms with van der Waals surface area (Å²) in [6.45, 7) is 8.71. The third-order valence-corrected chi connectivity index (χ3v) is 3.07. The van der Waals surface area contributed by atoms with Gasteiger partial charge in [0.2, 0.25) is 5.91 Å². The highest BCUT2D eigenvalue weighted by molar-refractivity contribution is 5.78. The lowest BCUT2D eigenvalue weighted by molar-refractivity contribution is -0.155. The van der Waals surface area contributed by atoms with Crippen LogP contribution in [0.25, 0.3) is 0 Å². The molecule has 1 rings (SSSR count). The van der Waals surface area contributed by atoms with E-state index in [4.69, 9.17) is 9.47 Å². The Morgan fingerprint density at radius 1 is 1.29 bits per heavy atom. The van der Waals surface area contributed by atoms with Gasteiger partial charge in [-0.05, 0) is 26.2 Å². The Balaban J connectivity index is 2.41. The van der Waals surface area contributed by atoms with E-state index in [9.17, 15) is 4.79 Å². The van der Waals surface area contributed by atoms with Crippen LogP contribution in [0, 0.1) is 5.92 Å². The molecule has 100 valence electrons. The molecular formula is C13H25NO3. The van der Waals surface area contributed by atoms with Crippen molar-refractivity contribution in [3.63, 3.8) is 0 Å². The summed E-state index contributed by atoms with van der Waals surface area (Å²) in [6.07, 6.45) is 2.70. The standard InChI is InChI=1S/C13H25NO3/c1-4-7-11-8-12(15)14(9-11)10-13(16-5-2)17-6-3/h11,13H,4-10H2,1-3H3. The van der Waals surface area contributed by atoms with Crippen LogP contribution in [0.5, 0.6) is 0 Å². The first kappa shape index (κ1) is 14.5. The maximum Gasteiger partial charge on any atom is 0.223 e. The van der Waals surface area contributed by atoms with Gasteiger partial charge in [-0.2, -0.15) is 0 Å². The van der Waals surface area contributed by atoms with Gasteiger partial charge in [0.1, 0.15) is 0 Å². The van der Waals surface area contributed by atoms with Crippen LogP contribution in [0.3, 0.4) is 0 Å². The summed E-state index contributed by atoms with van der Waals surface area (Å²) in [5.74, 6) is 0.768. The van der Waals surface area contributed by atoms with Crippen molar-refractivity contribution in [3.05, 3.63) is 0 Å². The molecule has 4 nitrogen and oxygen atoms in total. The second-order valence-corrected chi connectivity index (χ2v) is 4.50. The van der Waals surface area contributed by atoms with E-state index in [0.717, 1.165) is 19.4 Å². The number of likely N-dealkylation sites (tertiary alicyclic amines) is 1. The average molecular weight is 243 g/mol. The predicted octanol–water partition coefficient (Wildman–Crippen LogP) is 2.03. The van der Waals surface area contributed by atoms with Gasteiger partial charge in [0.05, 0.1) is 6.54 Å². The van der Waals surface area contributed by atoms with E-state index >= 15 is 0 Å². The smallest absolute Gasteiger partial charge is 0.223 e. The Bertz CT molecular complexity index is 227. The number of carbonyl (C=O) groups excluding carboxylic acids is 1. The number of rotatable bonds is 8. The van der Waals surface area contributed by atoms with Gasteiger partial charge < -0.3 is 14.4 Å². The zero-order chi connectivity index (χ0) is 12.7. The van der Waals surface area contributed by atoms with Crippen LogP contribution >= 0.6 is 0 Å². The molecule has 0 bridgehead atoms. The molecule has 4 heteroatoms. The SMILES string of the molecule is CCCC1CC(=O)N(CC(OCC)OCC)C1. The summed E-state index contributed by atoms with van der Waals surface area (Å²) < 4.78 is 10.9. The summed E-state index contributed by atoms with van der Waals surface area (Å²) >= 11 is 0. The van der Waals surface area contributed by atoms with Gasteiger partial charge in [0, 0.05) is 26.2 Å². The van der Waals surface area contributed by atoms with Crippen molar-refractivity contribution in [2.24, 2.45) is 5.92 Å². The Morgan fingerprint density at radius 2 is 1.94 bits per heavy atom. The Hall–Kier alpha value is -0.610. The number of nitrogens with zero attached hydrogens (tertiary/aromatic N) is 1. The summed E-state index contributed by atoms with van der Waals surface area (Å²) in [5.41, 5.74) is 0. The molecule has 0 aromatic heterocycles. The molecule has 1 saturated heterocycles. The molecule has 17 heavy (non-hydrogen) atoms. The van der Waals surface area contributed by atoms with Crippen LogP contribution < -0.4 is 0 Å². The molecular weight excluding hydrogens is 218 g/mol. The fourth-order valence-electron chi connectivity index (χ4n) is 2.34. The quantitative estimate of drug-likeness (QED) is 0.612. The van der Waals surface area contributed by atoms with Crippen LogP contribution in [-0.4, -0.2) is 43.4 Å². The van der Waals surface area contributed by atoms with Gasteiger partial charge in [-0.15, -0.1) is 0 Å². The largest absolute Gasteiger partial charge is 0.351 e. The molecule has 0 N–H and O–H groups in total. The Morgan fingerprint density at radius 3 is 2.47 bits per heavy atom. The molecule has 0 saturated carbocycles. The van der Waals surface area contributed by atoms with Crippen molar-refractivity contribution in [2.75, 3.05) is 26.3 Å². The van der Waals surface area contributed by atoms with Crippen LogP contribution in [0.15, 0.2) is 0 Å². The van der Waals surface area contributed by atoms with E-state index in [1.165, 1.54) is 0 Å². The van der Waals surface area contributed by atoms with Gasteiger partial charge in [-0.3, -0.25) is 4.79 Å². The first-order valence-electron chi connectivity index (χ1n) is 6.72. The van der Waals surface area contributed by atoms with Crippen LogP contribution in [0.1, 0.15) is 40.0 Å². The number of ether oxygens (including phenoxy) is 2. The lowest BCUT2D eigenvalue weighted by Crippen LogP contribution is -2.36. The van der Waals surface area contributed by atoms with Gasteiger partial charge in [0.15, 0.2) is 6.29 Å². The minimum Gasteiger partial charge on any atom is -0.351 e. The fraction of sp³-hybridized carbons (Fsp3) is 0.923. The number of carbonyl (C=O) groups is 1. The number of hydrogen-bond donors (Lipinski definition) is 0. The molecule has 0 spiro atoms. The summed E-state index contributed by atoms with van der Waals surface area (Å²) in [6, 6.07) is 0. The van der Waals surface area contributed by atoms with E-state index in [1.807, 2.05) is 18.7 Å². The molecule has 0 aromatic rings. The van der Waals surface area contributed by atoms with Crippen LogP contribution in [0.2, 0.25) is 0 Å². The lowest BCUT2D eigenvalue weighted by Gasteiger charge is -2.23. The highest BCUT2D eigenvalue weighted by Gasteiger charge is 2.30. The molecule has 1 unspecified atom stereocenters. The average Bonchev–Trinajstić information content (AvgIpc) is 2.60. The Labute approximate surface area is 104 Å². The molecule has 0 radical (unpaired) electrons. The second-order valence-electron chi connectivity index (χ2n) is 4.50. The van der Waals surface area contributed by atoms with Crippen LogP contribution in [0.4, 0.5) is 0 Å². The third kappa shape index (κ3) is 4.64. The summed E-state index contributed by atoms with van der Waals surface area (Å²) in [7, 11) is 0. The van der Waals surface area contributed by atoms with Gasteiger partial charge in [-0.25, -0.2) is 0 Å². The van der Waals surface area contributed by atoms with Crippen molar-refractivity contribution in [2.45, 2.75) is 46.3 Å². The molecule has 0 aliphatic carbocycles. The van der Waals surface area contributed by atoms with E-state index in [2.05, 4.69) is 6.92 Å². The molecule has 1 heterocycles. The van der Waals surface area contributed by atoms with E-state index in [-0.39, 0.29) is 12.2 Å². The topological polar surface area (TPSA) is 38.8 Å². The Kier molecular flexibility index (Phi) is 6.52. The van der Waals surface area contributed by atoms with Crippen molar-refractivity contribution in [1.82, 2.24) is 4.90 Å². The van der Waals surface area contributed by atoms with E-state index < -0.39 is 0 Å². The minimum absolute atomic E-state index is 0.243. The van der Waals surface area contributed by atoms with Crippen LogP contribution in [-0.2, 0) is 14.3 Å². The molecule has 1 aliphatic rings. The monoisotopic (exact) mass is 243 g/mol. The van der Waals surface area contributed by atoms with Crippen molar-refractivity contribution >= 4 is 5.91 Å². The van der Waals surface area contributed by atoms with Crippen molar-refractivity contribution in [3.8, 4) is 0 Å². The van der Waals surface area contributed by atoms with E-state index in [0.29, 0.717) is 32.1 Å². The maximum absolute atomic E-state index is 11.8. The fourth-order valence-corrected chi connectivity index (χ4v) is 2.34. The predicted molar refractivity (Wildman–Crippen MR) is 66.6 cm³/mol. The molecule has 1 aliphatic heterocycles. The molecule has 1 atom stereocenters. The summed E-state index contributed by atoms with van der Waals surface area (Å²) in [5, 5.41) is 0. The van der Waals surface area contributed by atoms with Gasteiger partial charge in [0.25, 0.3) is 0 Å². The highest BCUT2D eigenvalue weighted by Crippen LogP contribution is 2.22. The zero-order valence-corrected chi connectivity index (χ0v) is 11.3. The zero-order valence-electron chi connectivity index (χ0n) is 11.3.